The number of anilines is 1. The van der Waals surface area contributed by atoms with Gasteiger partial charge in [-0.05, 0) is 18.6 Å². The number of carbonyl (C=O) groups is 1. The Bertz CT molecular complexity index is 645. The zero-order valence-electron chi connectivity index (χ0n) is 9.51. The molecule has 18 heavy (non-hydrogen) atoms. The molecule has 0 bridgehead atoms. The van der Waals surface area contributed by atoms with Crippen molar-refractivity contribution in [2.24, 2.45) is 0 Å². The van der Waals surface area contributed by atoms with Crippen LogP contribution < -0.4 is 16.3 Å². The van der Waals surface area contributed by atoms with E-state index in [-0.39, 0.29) is 17.6 Å². The molecule has 3 heterocycles. The zero-order valence-corrected chi connectivity index (χ0v) is 9.51. The first-order valence-corrected chi connectivity index (χ1v) is 5.70. The van der Waals surface area contributed by atoms with Gasteiger partial charge in [0.05, 0.1) is 0 Å². The summed E-state index contributed by atoms with van der Waals surface area (Å²) in [5.74, 6) is 0.656. The minimum Gasteiger partial charge on any atom is -0.367 e. The first-order valence-electron chi connectivity index (χ1n) is 5.70. The Morgan fingerprint density at radius 2 is 2.33 bits per heavy atom. The minimum absolute atomic E-state index is 0.0799. The van der Waals surface area contributed by atoms with Crippen LogP contribution in [0.5, 0.6) is 0 Å². The maximum Gasteiger partial charge on any atom is 0.364 e. The molecule has 1 amide bonds. The molecule has 8 heteroatoms. The van der Waals surface area contributed by atoms with Crippen molar-refractivity contribution in [2.45, 2.75) is 18.9 Å². The monoisotopic (exact) mass is 248 g/mol. The van der Waals surface area contributed by atoms with Gasteiger partial charge in [0.15, 0.2) is 5.65 Å². The third-order valence-corrected chi connectivity index (χ3v) is 2.89. The Hall–Kier alpha value is -2.38. The summed E-state index contributed by atoms with van der Waals surface area (Å²) < 4.78 is 1.19. The fraction of sp³-hybridized carbons (Fsp3) is 0.400. The first-order chi connectivity index (χ1) is 8.72. The topological polar surface area (TPSA) is 104 Å². The van der Waals surface area contributed by atoms with Crippen molar-refractivity contribution in [1.82, 2.24) is 25.1 Å². The highest BCUT2D eigenvalue weighted by Crippen LogP contribution is 2.08. The van der Waals surface area contributed by atoms with Crippen molar-refractivity contribution in [1.29, 1.82) is 0 Å². The largest absolute Gasteiger partial charge is 0.367 e. The molecule has 1 atom stereocenters. The second kappa shape index (κ2) is 4.13. The highest BCUT2D eigenvalue weighted by Gasteiger charge is 2.20. The van der Waals surface area contributed by atoms with E-state index < -0.39 is 0 Å². The molecule has 1 unspecified atom stereocenters. The Morgan fingerprint density at radius 1 is 1.44 bits per heavy atom. The number of aromatic nitrogens is 4. The summed E-state index contributed by atoms with van der Waals surface area (Å²) in [6, 6.07) is 3.56. The smallest absolute Gasteiger partial charge is 0.364 e. The van der Waals surface area contributed by atoms with Gasteiger partial charge >= 0.3 is 5.69 Å². The molecular weight excluding hydrogens is 236 g/mol. The van der Waals surface area contributed by atoms with Crippen LogP contribution in [-0.4, -0.2) is 38.3 Å². The summed E-state index contributed by atoms with van der Waals surface area (Å²) in [5, 5.41) is 16.1. The van der Waals surface area contributed by atoms with Crippen LogP contribution in [0.2, 0.25) is 0 Å². The average molecular weight is 248 g/mol. The number of hydrogen-bond donors (Lipinski definition) is 3. The molecule has 1 saturated heterocycles. The molecule has 0 spiro atoms. The van der Waals surface area contributed by atoms with E-state index in [0.29, 0.717) is 24.4 Å². The van der Waals surface area contributed by atoms with Gasteiger partial charge in [-0.2, -0.15) is 9.61 Å². The highest BCUT2D eigenvalue weighted by atomic mass is 16.2. The lowest BCUT2D eigenvalue weighted by Gasteiger charge is -2.11. The second-order valence-electron chi connectivity index (χ2n) is 4.20. The SMILES string of the molecule is O=C1CCC(CNc2ccc3n[nH]c(=O)n3n2)N1. The van der Waals surface area contributed by atoms with Gasteiger partial charge in [0.25, 0.3) is 0 Å². The highest BCUT2D eigenvalue weighted by molar-refractivity contribution is 5.78. The van der Waals surface area contributed by atoms with Crippen molar-refractivity contribution in [3.05, 3.63) is 22.6 Å². The molecule has 3 rings (SSSR count). The van der Waals surface area contributed by atoms with Gasteiger partial charge in [-0.3, -0.25) is 4.79 Å². The maximum atomic E-state index is 11.3. The van der Waals surface area contributed by atoms with E-state index in [0.717, 1.165) is 6.42 Å². The van der Waals surface area contributed by atoms with Gasteiger partial charge in [0.2, 0.25) is 5.91 Å². The van der Waals surface area contributed by atoms with Gasteiger partial charge in [0, 0.05) is 19.0 Å². The lowest BCUT2D eigenvalue weighted by molar-refractivity contribution is -0.119. The second-order valence-corrected chi connectivity index (χ2v) is 4.20. The molecule has 0 saturated carbocycles. The number of rotatable bonds is 3. The van der Waals surface area contributed by atoms with E-state index in [4.69, 9.17) is 0 Å². The van der Waals surface area contributed by atoms with Crippen molar-refractivity contribution in [3.8, 4) is 0 Å². The number of aromatic amines is 1. The molecule has 94 valence electrons. The lowest BCUT2D eigenvalue weighted by atomic mass is 10.2. The van der Waals surface area contributed by atoms with Gasteiger partial charge in [-0.15, -0.1) is 5.10 Å². The van der Waals surface area contributed by atoms with Gasteiger partial charge < -0.3 is 10.6 Å². The number of carbonyl (C=O) groups excluding carboxylic acids is 1. The molecule has 3 N–H and O–H groups in total. The molecule has 0 aromatic carbocycles. The van der Waals surface area contributed by atoms with Crippen LogP contribution in [0.4, 0.5) is 5.82 Å². The average Bonchev–Trinajstić information content (AvgIpc) is 2.94. The van der Waals surface area contributed by atoms with Crippen molar-refractivity contribution >= 4 is 17.4 Å². The van der Waals surface area contributed by atoms with Crippen LogP contribution in [0.25, 0.3) is 5.65 Å². The maximum absolute atomic E-state index is 11.3. The molecule has 0 aliphatic carbocycles. The molecule has 1 fully saturated rings. The number of nitrogens with one attached hydrogen (secondary N) is 3. The summed E-state index contributed by atoms with van der Waals surface area (Å²) in [4.78, 5) is 22.4. The number of amides is 1. The zero-order chi connectivity index (χ0) is 12.5. The van der Waals surface area contributed by atoms with E-state index in [1.807, 2.05) is 0 Å². The predicted molar refractivity (Wildman–Crippen MR) is 63.3 cm³/mol. The van der Waals surface area contributed by atoms with E-state index in [2.05, 4.69) is 25.9 Å². The molecule has 0 radical (unpaired) electrons. The third kappa shape index (κ3) is 1.92. The third-order valence-electron chi connectivity index (χ3n) is 2.89. The van der Waals surface area contributed by atoms with Gasteiger partial charge in [0.1, 0.15) is 5.82 Å². The van der Waals surface area contributed by atoms with Crippen molar-refractivity contribution in [2.75, 3.05) is 11.9 Å². The molecule has 1 aliphatic heterocycles. The molecule has 2 aromatic rings. The summed E-state index contributed by atoms with van der Waals surface area (Å²) in [5.41, 5.74) is 0.0996. The van der Waals surface area contributed by atoms with Crippen LogP contribution in [-0.2, 0) is 4.79 Å². The number of fused-ring (bicyclic) bond motifs is 1. The number of hydrogen-bond acceptors (Lipinski definition) is 5. The van der Waals surface area contributed by atoms with E-state index in [9.17, 15) is 9.59 Å². The fourth-order valence-corrected chi connectivity index (χ4v) is 1.96. The molecule has 8 nitrogen and oxygen atoms in total. The van der Waals surface area contributed by atoms with Crippen molar-refractivity contribution < 1.29 is 4.79 Å². The fourth-order valence-electron chi connectivity index (χ4n) is 1.96. The predicted octanol–water partition coefficient (Wildman–Crippen LogP) is -0.892. The van der Waals surface area contributed by atoms with E-state index in [1.54, 1.807) is 12.1 Å². The molecule has 2 aromatic heterocycles. The summed E-state index contributed by atoms with van der Waals surface area (Å²) >= 11 is 0. The van der Waals surface area contributed by atoms with Gasteiger partial charge in [-0.1, -0.05) is 0 Å². The Labute approximate surface area is 101 Å². The minimum atomic E-state index is -0.372. The normalized spacial score (nSPS) is 19.1. The Morgan fingerprint density at radius 3 is 3.11 bits per heavy atom. The van der Waals surface area contributed by atoms with Crippen molar-refractivity contribution in [3.63, 3.8) is 0 Å². The summed E-state index contributed by atoms with van der Waals surface area (Å²) in [6.07, 6.45) is 1.39. The lowest BCUT2D eigenvalue weighted by Crippen LogP contribution is -2.32. The van der Waals surface area contributed by atoms with Crippen LogP contribution in [0.15, 0.2) is 16.9 Å². The van der Waals surface area contributed by atoms with Crippen LogP contribution in [0, 0.1) is 0 Å². The molecule has 1 aliphatic rings. The summed E-state index contributed by atoms with van der Waals surface area (Å²) in [7, 11) is 0. The quantitative estimate of drug-likeness (QED) is 0.653. The Kier molecular flexibility index (Phi) is 2.47. The van der Waals surface area contributed by atoms with E-state index >= 15 is 0 Å². The summed E-state index contributed by atoms with van der Waals surface area (Å²) in [6.45, 7) is 0.594. The molecular formula is C10H12N6O2. The van der Waals surface area contributed by atoms with Crippen LogP contribution in [0.3, 0.4) is 0 Å². The standard InChI is InChI=1S/C10H12N6O2/c17-9-4-1-6(12-9)5-11-7-2-3-8-13-14-10(18)16(8)15-7/h2-3,6H,1,4-5H2,(H,11,15)(H,12,17)(H,14,18). The Balaban J connectivity index is 1.72. The van der Waals surface area contributed by atoms with Crippen LogP contribution >= 0.6 is 0 Å². The number of H-pyrrole nitrogens is 1. The van der Waals surface area contributed by atoms with Gasteiger partial charge in [-0.25, -0.2) is 9.89 Å². The van der Waals surface area contributed by atoms with Crippen LogP contribution in [0.1, 0.15) is 12.8 Å². The first kappa shape index (κ1) is 10.8. The number of nitrogens with zero attached hydrogens (tertiary/aromatic N) is 3. The van der Waals surface area contributed by atoms with E-state index in [1.165, 1.54) is 4.52 Å².